The van der Waals surface area contributed by atoms with Gasteiger partial charge in [0.25, 0.3) is 0 Å². The van der Waals surface area contributed by atoms with Gasteiger partial charge in [0, 0.05) is 10.1 Å². The van der Waals surface area contributed by atoms with Gasteiger partial charge in [0.15, 0.2) is 0 Å². The van der Waals surface area contributed by atoms with Gasteiger partial charge < -0.3 is 9.47 Å². The van der Waals surface area contributed by atoms with Crippen molar-refractivity contribution in [3.8, 4) is 16.2 Å². The molecule has 5 heteroatoms. The molecule has 0 unspecified atom stereocenters. The molecule has 3 aromatic rings. The summed E-state index contributed by atoms with van der Waals surface area (Å²) in [4.78, 5) is 12.5. The Morgan fingerprint density at radius 1 is 1.09 bits per heavy atom. The summed E-state index contributed by atoms with van der Waals surface area (Å²) < 4.78 is 11.0. The van der Waals surface area contributed by atoms with Crippen molar-refractivity contribution in [3.05, 3.63) is 53.1 Å². The van der Waals surface area contributed by atoms with Crippen molar-refractivity contribution in [1.82, 2.24) is 0 Å². The van der Waals surface area contributed by atoms with E-state index >= 15 is 0 Å². The molecule has 0 N–H and O–H groups in total. The molecule has 0 aliphatic carbocycles. The van der Waals surface area contributed by atoms with Gasteiger partial charge in [-0.2, -0.15) is 0 Å². The van der Waals surface area contributed by atoms with Crippen LogP contribution in [0.2, 0.25) is 5.02 Å². The lowest BCUT2D eigenvalue weighted by atomic mass is 10.1. The fraction of sp³-hybridized carbons (Fsp3) is 0.118. The summed E-state index contributed by atoms with van der Waals surface area (Å²) in [7, 11) is 3.01. The van der Waals surface area contributed by atoms with E-state index in [2.05, 4.69) is 0 Å². The number of methoxy groups -OCH3 is 2. The molecule has 0 aliphatic heterocycles. The van der Waals surface area contributed by atoms with E-state index in [0.29, 0.717) is 10.6 Å². The highest BCUT2D eigenvalue weighted by molar-refractivity contribution is 7.23. The van der Waals surface area contributed by atoms with Gasteiger partial charge in [-0.1, -0.05) is 23.7 Å². The first-order valence-electron chi connectivity index (χ1n) is 6.59. The predicted molar refractivity (Wildman–Crippen MR) is 90.2 cm³/mol. The second kappa shape index (κ2) is 5.99. The van der Waals surface area contributed by atoms with Gasteiger partial charge in [-0.3, -0.25) is 0 Å². The molecular weight excluding hydrogens is 320 g/mol. The van der Waals surface area contributed by atoms with Crippen LogP contribution in [0.1, 0.15) is 10.4 Å². The van der Waals surface area contributed by atoms with E-state index in [1.54, 1.807) is 30.6 Å². The van der Waals surface area contributed by atoms with Crippen molar-refractivity contribution >= 4 is 39.0 Å². The van der Waals surface area contributed by atoms with Crippen LogP contribution in [0, 0.1) is 0 Å². The maximum atomic E-state index is 11.5. The molecule has 2 aromatic carbocycles. The third kappa shape index (κ3) is 2.56. The number of thiophene rings is 1. The Morgan fingerprint density at radius 3 is 2.45 bits per heavy atom. The molecule has 0 saturated heterocycles. The topological polar surface area (TPSA) is 35.5 Å². The predicted octanol–water partition coefficient (Wildman–Crippen LogP) is 5.02. The number of fused-ring (bicyclic) bond motifs is 1. The third-order valence-corrected chi connectivity index (χ3v) is 5.11. The maximum Gasteiger partial charge on any atom is 0.337 e. The molecule has 0 aliphatic rings. The van der Waals surface area contributed by atoms with Crippen LogP contribution in [-0.2, 0) is 4.74 Å². The Hall–Kier alpha value is -2.04. The molecule has 0 fully saturated rings. The summed E-state index contributed by atoms with van der Waals surface area (Å²) in [5, 5.41) is 1.72. The average Bonchev–Trinajstić information content (AvgIpc) is 2.90. The normalized spacial score (nSPS) is 10.7. The summed E-state index contributed by atoms with van der Waals surface area (Å²) in [6.07, 6.45) is 0. The number of ether oxygens (including phenoxy) is 2. The summed E-state index contributed by atoms with van der Waals surface area (Å²) in [5.74, 6) is 0.455. The molecule has 3 rings (SSSR count). The summed E-state index contributed by atoms with van der Waals surface area (Å²) in [5.41, 5.74) is 1.49. The van der Waals surface area contributed by atoms with E-state index in [1.807, 2.05) is 30.3 Å². The lowest BCUT2D eigenvalue weighted by molar-refractivity contribution is 0.0601. The van der Waals surface area contributed by atoms with Gasteiger partial charge in [-0.15, -0.1) is 11.3 Å². The highest BCUT2D eigenvalue weighted by Crippen LogP contribution is 2.43. The Morgan fingerprint density at radius 2 is 1.82 bits per heavy atom. The van der Waals surface area contributed by atoms with Gasteiger partial charge in [-0.05, 0) is 35.9 Å². The summed E-state index contributed by atoms with van der Waals surface area (Å²) >= 11 is 8.09. The quantitative estimate of drug-likeness (QED) is 0.632. The average molecular weight is 333 g/mol. The highest BCUT2D eigenvalue weighted by Gasteiger charge is 2.13. The number of halogens is 1. The first kappa shape index (κ1) is 14.9. The molecule has 1 heterocycles. The maximum absolute atomic E-state index is 11.5. The van der Waals surface area contributed by atoms with Gasteiger partial charge in [0.05, 0.1) is 29.7 Å². The molecule has 112 valence electrons. The monoisotopic (exact) mass is 332 g/mol. The standard InChI is InChI=1S/C17H13ClO3S/c1-20-12-7-8-13-14(9-12)22-16(15(13)18)10-3-5-11(6-4-10)17(19)21-2/h3-9H,1-2H3. The number of carbonyl (C=O) groups excluding carboxylic acids is 1. The molecule has 1 aromatic heterocycles. The minimum Gasteiger partial charge on any atom is -0.497 e. The largest absolute Gasteiger partial charge is 0.497 e. The lowest BCUT2D eigenvalue weighted by Gasteiger charge is -2.01. The Kier molecular flexibility index (Phi) is 4.05. The fourth-order valence-electron chi connectivity index (χ4n) is 2.23. The van der Waals surface area contributed by atoms with Gasteiger partial charge in [-0.25, -0.2) is 4.79 Å². The highest BCUT2D eigenvalue weighted by atomic mass is 35.5. The molecule has 0 atom stereocenters. The Balaban J connectivity index is 2.06. The Bertz CT molecular complexity index is 837. The fourth-order valence-corrected chi connectivity index (χ4v) is 3.81. The molecule has 0 saturated carbocycles. The number of esters is 1. The molecule has 0 radical (unpaired) electrons. The number of hydrogen-bond donors (Lipinski definition) is 0. The zero-order valence-corrected chi connectivity index (χ0v) is 13.6. The smallest absolute Gasteiger partial charge is 0.337 e. The van der Waals surface area contributed by atoms with E-state index < -0.39 is 0 Å². The number of hydrogen-bond acceptors (Lipinski definition) is 4. The van der Waals surface area contributed by atoms with E-state index in [0.717, 1.165) is 26.3 Å². The van der Waals surface area contributed by atoms with Crippen LogP contribution in [0.25, 0.3) is 20.5 Å². The zero-order chi connectivity index (χ0) is 15.7. The SMILES string of the molecule is COC(=O)c1ccc(-c2sc3cc(OC)ccc3c2Cl)cc1. The lowest BCUT2D eigenvalue weighted by Crippen LogP contribution is -2.00. The van der Waals surface area contributed by atoms with Gasteiger partial charge >= 0.3 is 5.97 Å². The summed E-state index contributed by atoms with van der Waals surface area (Å²) in [6.45, 7) is 0. The van der Waals surface area contributed by atoms with Crippen LogP contribution in [0.15, 0.2) is 42.5 Å². The minimum atomic E-state index is -0.348. The van der Waals surface area contributed by atoms with Crippen LogP contribution in [0.4, 0.5) is 0 Å². The van der Waals surface area contributed by atoms with Crippen LogP contribution in [-0.4, -0.2) is 20.2 Å². The number of benzene rings is 2. The van der Waals surface area contributed by atoms with Crippen LogP contribution < -0.4 is 4.74 Å². The van der Waals surface area contributed by atoms with Gasteiger partial charge in [0.2, 0.25) is 0 Å². The summed E-state index contributed by atoms with van der Waals surface area (Å²) in [6, 6.07) is 13.0. The first-order valence-corrected chi connectivity index (χ1v) is 7.78. The molecule has 0 bridgehead atoms. The molecule has 0 spiro atoms. The van der Waals surface area contributed by atoms with E-state index in [-0.39, 0.29) is 5.97 Å². The molecule has 22 heavy (non-hydrogen) atoms. The van der Waals surface area contributed by atoms with Crippen LogP contribution in [0.3, 0.4) is 0 Å². The zero-order valence-electron chi connectivity index (χ0n) is 12.1. The van der Waals surface area contributed by atoms with Gasteiger partial charge in [0.1, 0.15) is 5.75 Å². The van der Waals surface area contributed by atoms with Crippen molar-refractivity contribution in [2.45, 2.75) is 0 Å². The van der Waals surface area contributed by atoms with Crippen molar-refractivity contribution < 1.29 is 14.3 Å². The second-order valence-electron chi connectivity index (χ2n) is 4.68. The Labute approximate surface area is 137 Å². The number of rotatable bonds is 3. The van der Waals surface area contributed by atoms with Crippen molar-refractivity contribution in [1.29, 1.82) is 0 Å². The van der Waals surface area contributed by atoms with E-state index in [4.69, 9.17) is 21.1 Å². The minimum absolute atomic E-state index is 0.348. The number of carbonyl (C=O) groups is 1. The molecule has 3 nitrogen and oxygen atoms in total. The third-order valence-electron chi connectivity index (χ3n) is 3.40. The van der Waals surface area contributed by atoms with Crippen molar-refractivity contribution in [2.24, 2.45) is 0 Å². The van der Waals surface area contributed by atoms with Crippen LogP contribution in [0.5, 0.6) is 5.75 Å². The second-order valence-corrected chi connectivity index (χ2v) is 6.11. The van der Waals surface area contributed by atoms with E-state index in [9.17, 15) is 4.79 Å². The first-order chi connectivity index (χ1) is 10.6. The molecule has 0 amide bonds. The van der Waals surface area contributed by atoms with E-state index in [1.165, 1.54) is 7.11 Å². The molecular formula is C17H13ClO3S. The van der Waals surface area contributed by atoms with Crippen molar-refractivity contribution in [2.75, 3.05) is 14.2 Å². The van der Waals surface area contributed by atoms with Crippen LogP contribution >= 0.6 is 22.9 Å². The van der Waals surface area contributed by atoms with Crippen molar-refractivity contribution in [3.63, 3.8) is 0 Å².